The van der Waals surface area contributed by atoms with Gasteiger partial charge in [-0.25, -0.2) is 0 Å². The van der Waals surface area contributed by atoms with Crippen molar-refractivity contribution in [3.8, 4) is 0 Å². The molecule has 1 spiro atoms. The molecule has 8 nitrogen and oxygen atoms in total. The zero-order chi connectivity index (χ0) is 24.0. The molecule has 0 bridgehead atoms. The second-order valence-corrected chi connectivity index (χ2v) is 9.57. The first kappa shape index (κ1) is 23.1. The lowest BCUT2D eigenvalue weighted by molar-refractivity contribution is -0.155. The number of halogens is 1. The number of likely N-dealkylation sites (tertiary alicyclic amines) is 1. The minimum atomic E-state index is -1.37. The Hall–Kier alpha value is -2.68. The van der Waals surface area contributed by atoms with Crippen LogP contribution < -0.4 is 4.90 Å². The van der Waals surface area contributed by atoms with Crippen LogP contribution in [0.4, 0.5) is 5.69 Å². The van der Waals surface area contributed by atoms with Gasteiger partial charge in [-0.2, -0.15) is 0 Å². The molecule has 9 heteroatoms. The van der Waals surface area contributed by atoms with Crippen LogP contribution in [0.15, 0.2) is 48.6 Å². The normalized spacial score (nSPS) is 34.9. The molecule has 4 aliphatic rings. The summed E-state index contributed by atoms with van der Waals surface area (Å²) in [6.07, 6.45) is 7.99. The highest BCUT2D eigenvalue weighted by molar-refractivity contribution is 6.34. The van der Waals surface area contributed by atoms with E-state index in [9.17, 15) is 19.5 Å². The van der Waals surface area contributed by atoms with E-state index < -0.39 is 47.5 Å². The summed E-state index contributed by atoms with van der Waals surface area (Å²) in [5.41, 5.74) is -0.853. The van der Waals surface area contributed by atoms with Crippen LogP contribution in [0.2, 0.25) is 5.02 Å². The number of para-hydroxylation sites is 1. The molecule has 1 aromatic rings. The van der Waals surface area contributed by atoms with Crippen LogP contribution in [-0.2, 0) is 23.9 Å². The number of esters is 1. The van der Waals surface area contributed by atoms with Crippen molar-refractivity contribution >= 4 is 35.1 Å². The predicted molar refractivity (Wildman–Crippen MR) is 124 cm³/mol. The molecule has 6 atom stereocenters. The van der Waals surface area contributed by atoms with Gasteiger partial charge in [-0.1, -0.05) is 48.0 Å². The number of carbonyl (C=O) groups excluding carboxylic acids is 3. The molecule has 2 amide bonds. The summed E-state index contributed by atoms with van der Waals surface area (Å²) in [5.74, 6) is -3.11. The number of amides is 2. The Morgan fingerprint density at radius 3 is 2.76 bits per heavy atom. The predicted octanol–water partition coefficient (Wildman–Crippen LogP) is 2.10. The van der Waals surface area contributed by atoms with E-state index in [2.05, 4.69) is 0 Å². The van der Waals surface area contributed by atoms with Gasteiger partial charge < -0.3 is 24.4 Å². The first-order valence-electron chi connectivity index (χ1n) is 11.6. The van der Waals surface area contributed by atoms with Crippen molar-refractivity contribution in [1.29, 1.82) is 0 Å². The number of rotatable bonds is 3. The molecule has 5 rings (SSSR count). The lowest BCUT2D eigenvalue weighted by Crippen LogP contribution is -2.57. The van der Waals surface area contributed by atoms with Gasteiger partial charge in [-0.3, -0.25) is 14.4 Å². The lowest BCUT2D eigenvalue weighted by atomic mass is 9.78. The number of anilines is 1. The van der Waals surface area contributed by atoms with Gasteiger partial charge in [0.25, 0.3) is 5.91 Å². The van der Waals surface area contributed by atoms with Crippen LogP contribution in [0, 0.1) is 11.8 Å². The third-order valence-corrected chi connectivity index (χ3v) is 7.49. The zero-order valence-corrected chi connectivity index (χ0v) is 19.6. The molecule has 1 N–H and O–H groups in total. The molecule has 0 aliphatic carbocycles. The fourth-order valence-electron chi connectivity index (χ4n) is 5.64. The van der Waals surface area contributed by atoms with Gasteiger partial charge in [0, 0.05) is 6.54 Å². The van der Waals surface area contributed by atoms with Crippen molar-refractivity contribution in [2.75, 3.05) is 24.7 Å². The molecule has 0 aromatic heterocycles. The molecule has 1 unspecified atom stereocenters. The molecular formula is C25H27ClN2O6. The third kappa shape index (κ3) is 3.39. The Morgan fingerprint density at radius 2 is 2.00 bits per heavy atom. The summed E-state index contributed by atoms with van der Waals surface area (Å²) in [6, 6.07) is 5.27. The van der Waals surface area contributed by atoms with Crippen molar-refractivity contribution in [3.05, 3.63) is 53.6 Å². The van der Waals surface area contributed by atoms with E-state index >= 15 is 0 Å². The van der Waals surface area contributed by atoms with Crippen molar-refractivity contribution in [2.24, 2.45) is 11.8 Å². The molecule has 4 heterocycles. The van der Waals surface area contributed by atoms with E-state index in [1.165, 1.54) is 9.80 Å². The SMILES string of the molecule is C[C@H](CO)N1C(=O)[C@@H]2[C@H]3C(=O)OCCC/C=C\[C@H]3O[C@@]23C=CCN(c2ccccc2Cl)C(=O)C13. The van der Waals surface area contributed by atoms with Gasteiger partial charge in [-0.05, 0) is 31.9 Å². The number of benzene rings is 1. The minimum absolute atomic E-state index is 0.224. The van der Waals surface area contributed by atoms with E-state index in [-0.39, 0.29) is 25.7 Å². The first-order valence-corrected chi connectivity index (χ1v) is 12.0. The number of allylic oxidation sites excluding steroid dienone is 1. The van der Waals surface area contributed by atoms with E-state index in [0.29, 0.717) is 17.1 Å². The van der Waals surface area contributed by atoms with Gasteiger partial charge in [0.1, 0.15) is 17.6 Å². The maximum Gasteiger partial charge on any atom is 0.312 e. The average Bonchev–Trinajstić information content (AvgIpc) is 3.24. The van der Waals surface area contributed by atoms with Crippen molar-refractivity contribution in [1.82, 2.24) is 4.90 Å². The largest absolute Gasteiger partial charge is 0.465 e. The Bertz CT molecular complexity index is 1070. The van der Waals surface area contributed by atoms with Gasteiger partial charge in [0.2, 0.25) is 5.91 Å². The number of hydrogen-bond acceptors (Lipinski definition) is 6. The molecular weight excluding hydrogens is 460 g/mol. The molecule has 180 valence electrons. The summed E-state index contributed by atoms with van der Waals surface area (Å²) in [7, 11) is 0. The van der Waals surface area contributed by atoms with E-state index in [4.69, 9.17) is 21.1 Å². The van der Waals surface area contributed by atoms with Gasteiger partial charge >= 0.3 is 5.97 Å². The number of nitrogens with zero attached hydrogens (tertiary/aromatic N) is 2. The smallest absolute Gasteiger partial charge is 0.312 e. The summed E-state index contributed by atoms with van der Waals surface area (Å²) >= 11 is 6.41. The number of ether oxygens (including phenoxy) is 2. The number of carbonyl (C=O) groups is 3. The van der Waals surface area contributed by atoms with Gasteiger partial charge in [0.15, 0.2) is 0 Å². The highest BCUT2D eigenvalue weighted by atomic mass is 35.5. The van der Waals surface area contributed by atoms with Crippen molar-refractivity contribution < 1.29 is 29.0 Å². The molecule has 4 aliphatic heterocycles. The van der Waals surface area contributed by atoms with E-state index in [1.54, 1.807) is 43.3 Å². The second kappa shape index (κ2) is 8.83. The Kier molecular flexibility index (Phi) is 6.00. The quantitative estimate of drug-likeness (QED) is 0.519. The topological polar surface area (TPSA) is 96.4 Å². The first-order chi connectivity index (χ1) is 16.4. The zero-order valence-electron chi connectivity index (χ0n) is 18.8. The standard InChI is InChI=1S/C25H27ClN2O6/c1-15(14-29)28-21-23(31)27(17-9-5-4-8-16(17)26)12-7-11-25(21)20(22(28)30)19-18(34-25)10-3-2-6-13-33-24(19)32/h3-5,7-11,15,18-21,29H,2,6,12-14H2,1H3/b10-3-/t15-,18-,19+,20+,21?,25+/m1/s1. The summed E-state index contributed by atoms with van der Waals surface area (Å²) < 4.78 is 12.0. The fraction of sp³-hybridized carbons (Fsp3) is 0.480. The maximum absolute atomic E-state index is 14.1. The van der Waals surface area contributed by atoms with Crippen LogP contribution in [0.1, 0.15) is 19.8 Å². The number of hydrogen-bond donors (Lipinski definition) is 1. The van der Waals surface area contributed by atoms with Gasteiger partial charge in [-0.15, -0.1) is 0 Å². The van der Waals surface area contributed by atoms with Crippen molar-refractivity contribution in [3.63, 3.8) is 0 Å². The third-order valence-electron chi connectivity index (χ3n) is 7.17. The molecule has 2 saturated heterocycles. The molecule has 0 radical (unpaired) electrons. The maximum atomic E-state index is 14.1. The van der Waals surface area contributed by atoms with E-state index in [1.807, 2.05) is 12.2 Å². The molecule has 0 saturated carbocycles. The monoisotopic (exact) mass is 486 g/mol. The van der Waals surface area contributed by atoms with Crippen LogP contribution in [-0.4, -0.2) is 71.3 Å². The number of aliphatic hydroxyl groups excluding tert-OH is 1. The Balaban J connectivity index is 1.65. The summed E-state index contributed by atoms with van der Waals surface area (Å²) in [6.45, 7) is 1.82. The van der Waals surface area contributed by atoms with Crippen LogP contribution in [0.25, 0.3) is 0 Å². The number of aliphatic hydroxyl groups is 1. The molecule has 34 heavy (non-hydrogen) atoms. The fourth-order valence-corrected chi connectivity index (χ4v) is 5.88. The highest BCUT2D eigenvalue weighted by Gasteiger charge is 2.72. The lowest BCUT2D eigenvalue weighted by Gasteiger charge is -2.37. The van der Waals surface area contributed by atoms with E-state index in [0.717, 1.165) is 6.42 Å². The molecule has 1 aromatic carbocycles. The number of cyclic esters (lactones) is 1. The highest BCUT2D eigenvalue weighted by Crippen LogP contribution is 2.53. The van der Waals surface area contributed by atoms with Crippen LogP contribution in [0.3, 0.4) is 0 Å². The molecule has 2 fully saturated rings. The minimum Gasteiger partial charge on any atom is -0.465 e. The second-order valence-electron chi connectivity index (χ2n) is 9.16. The average molecular weight is 487 g/mol. The van der Waals surface area contributed by atoms with Crippen LogP contribution in [0.5, 0.6) is 0 Å². The van der Waals surface area contributed by atoms with Crippen molar-refractivity contribution in [2.45, 2.75) is 43.6 Å². The number of fused-ring (bicyclic) bond motifs is 2. The summed E-state index contributed by atoms with van der Waals surface area (Å²) in [4.78, 5) is 44.0. The summed E-state index contributed by atoms with van der Waals surface area (Å²) in [5, 5.41) is 10.4. The Labute approximate surface area is 202 Å². The van der Waals surface area contributed by atoms with Crippen LogP contribution >= 0.6 is 11.6 Å². The van der Waals surface area contributed by atoms with Gasteiger partial charge in [0.05, 0.1) is 42.0 Å². The Morgan fingerprint density at radius 1 is 1.21 bits per heavy atom.